The van der Waals surface area contributed by atoms with Gasteiger partial charge in [0, 0.05) is 35.4 Å². The van der Waals surface area contributed by atoms with Crippen LogP contribution in [0.15, 0.2) is 40.5 Å². The molecule has 1 aliphatic carbocycles. The second kappa shape index (κ2) is 8.81. The molecule has 0 N–H and O–H groups in total. The minimum absolute atomic E-state index is 0.122. The third kappa shape index (κ3) is 4.30. The van der Waals surface area contributed by atoms with Crippen LogP contribution in [-0.2, 0) is 19.1 Å². The van der Waals surface area contributed by atoms with E-state index in [-0.39, 0.29) is 12.4 Å². The van der Waals surface area contributed by atoms with Crippen molar-refractivity contribution in [3.05, 3.63) is 46.1 Å². The first-order chi connectivity index (χ1) is 13.0. The summed E-state index contributed by atoms with van der Waals surface area (Å²) in [4.78, 5) is 30.2. The molecule has 3 rings (SSSR count). The molecule has 0 unspecified atom stereocenters. The molecule has 0 radical (unpaired) electrons. The summed E-state index contributed by atoms with van der Waals surface area (Å²) in [6.45, 7) is 4.76. The van der Waals surface area contributed by atoms with Crippen molar-refractivity contribution in [2.24, 2.45) is 10.9 Å². The molecule has 1 heterocycles. The van der Waals surface area contributed by atoms with Gasteiger partial charge in [0.1, 0.15) is 12.4 Å². The van der Waals surface area contributed by atoms with E-state index in [9.17, 15) is 9.59 Å². The number of hydrogen-bond donors (Lipinski definition) is 0. The number of rotatable bonds is 6. The maximum absolute atomic E-state index is 12.9. The van der Waals surface area contributed by atoms with E-state index in [0.29, 0.717) is 35.9 Å². The average molecular weight is 390 g/mol. The van der Waals surface area contributed by atoms with E-state index in [1.165, 1.54) is 0 Å². The Morgan fingerprint density at radius 1 is 1.26 bits per heavy atom. The Bertz CT molecular complexity index is 799. The molecule has 144 valence electrons. The van der Waals surface area contributed by atoms with Crippen LogP contribution >= 0.6 is 11.6 Å². The van der Waals surface area contributed by atoms with Crippen molar-refractivity contribution in [3.8, 4) is 0 Å². The van der Waals surface area contributed by atoms with Crippen molar-refractivity contribution in [3.63, 3.8) is 0 Å². The van der Waals surface area contributed by atoms with Gasteiger partial charge in [-0.2, -0.15) is 0 Å². The highest BCUT2D eigenvalue weighted by atomic mass is 35.5. The van der Waals surface area contributed by atoms with Crippen LogP contribution in [-0.4, -0.2) is 37.3 Å². The summed E-state index contributed by atoms with van der Waals surface area (Å²) in [5.74, 6) is -1.16. The zero-order valence-corrected chi connectivity index (χ0v) is 16.4. The summed E-state index contributed by atoms with van der Waals surface area (Å²) in [6, 6.07) is 7.34. The molecule has 1 aromatic rings. The van der Waals surface area contributed by atoms with Gasteiger partial charge in [0.25, 0.3) is 0 Å². The minimum Gasteiger partial charge on any atom is -0.460 e. The molecule has 2 aliphatic rings. The number of ketones is 1. The maximum Gasteiger partial charge on any atom is 0.336 e. The Balaban J connectivity index is 1.99. The molecular formula is C21H24ClNO4. The topological polar surface area (TPSA) is 65.0 Å². The van der Waals surface area contributed by atoms with Crippen molar-refractivity contribution in [2.75, 3.05) is 19.8 Å². The van der Waals surface area contributed by atoms with Crippen LogP contribution in [0.25, 0.3) is 0 Å². The van der Waals surface area contributed by atoms with Gasteiger partial charge in [-0.25, -0.2) is 4.79 Å². The predicted octanol–water partition coefficient (Wildman–Crippen LogP) is 4.10. The van der Waals surface area contributed by atoms with E-state index >= 15 is 0 Å². The summed E-state index contributed by atoms with van der Waals surface area (Å²) < 4.78 is 10.7. The number of ether oxygens (including phenoxy) is 2. The molecule has 1 saturated carbocycles. The van der Waals surface area contributed by atoms with Crippen LogP contribution in [0, 0.1) is 5.92 Å². The lowest BCUT2D eigenvalue weighted by atomic mass is 9.69. The molecule has 27 heavy (non-hydrogen) atoms. The number of esters is 1. The van der Waals surface area contributed by atoms with Crippen LogP contribution in [0.3, 0.4) is 0 Å². The molecule has 0 aromatic heterocycles. The number of aliphatic imine (C=N–C) groups is 1. The lowest BCUT2D eigenvalue weighted by Gasteiger charge is -2.35. The molecule has 1 fully saturated rings. The zero-order valence-electron chi connectivity index (χ0n) is 15.7. The van der Waals surface area contributed by atoms with Crippen LogP contribution < -0.4 is 0 Å². The Kier molecular flexibility index (Phi) is 6.45. The predicted molar refractivity (Wildman–Crippen MR) is 104 cm³/mol. The fourth-order valence-electron chi connectivity index (χ4n) is 3.86. The van der Waals surface area contributed by atoms with E-state index < -0.39 is 17.8 Å². The third-order valence-corrected chi connectivity index (χ3v) is 5.24. The highest BCUT2D eigenvalue weighted by molar-refractivity contribution is 6.30. The molecule has 2 atom stereocenters. The lowest BCUT2D eigenvalue weighted by molar-refractivity contribution is -0.141. The second-order valence-electron chi connectivity index (χ2n) is 6.77. The van der Waals surface area contributed by atoms with Crippen LogP contribution in [0.5, 0.6) is 0 Å². The lowest BCUT2D eigenvalue weighted by Crippen LogP contribution is -2.39. The number of Topliss-reactive ketones (excluding diaryl/α,β-unsaturated/α-hetero) is 1. The summed E-state index contributed by atoms with van der Waals surface area (Å²) in [7, 11) is 0. The third-order valence-electron chi connectivity index (χ3n) is 5.00. The molecule has 0 saturated heterocycles. The monoisotopic (exact) mass is 389 g/mol. The van der Waals surface area contributed by atoms with E-state index in [2.05, 4.69) is 4.99 Å². The molecule has 6 heteroatoms. The number of hydrogen-bond acceptors (Lipinski definition) is 5. The fraction of sp³-hybridized carbons (Fsp3) is 0.476. The molecule has 1 aromatic carbocycles. The van der Waals surface area contributed by atoms with Gasteiger partial charge in [0.05, 0.1) is 18.1 Å². The number of carbonyl (C=O) groups is 2. The largest absolute Gasteiger partial charge is 0.460 e. The van der Waals surface area contributed by atoms with Crippen molar-refractivity contribution >= 4 is 29.1 Å². The summed E-state index contributed by atoms with van der Waals surface area (Å²) in [5.41, 5.74) is 2.76. The summed E-state index contributed by atoms with van der Waals surface area (Å²) >= 11 is 6.19. The Labute approximate surface area is 164 Å². The van der Waals surface area contributed by atoms with E-state index in [1.807, 2.05) is 25.1 Å². The second-order valence-corrected chi connectivity index (χ2v) is 7.20. The van der Waals surface area contributed by atoms with Crippen LogP contribution in [0.2, 0.25) is 5.02 Å². The number of allylic oxidation sites excluding steroid dienone is 1. The Morgan fingerprint density at radius 2 is 2.07 bits per heavy atom. The normalized spacial score (nSPS) is 22.3. The van der Waals surface area contributed by atoms with E-state index in [4.69, 9.17) is 21.1 Å². The van der Waals surface area contributed by atoms with Gasteiger partial charge in [0.15, 0.2) is 0 Å². The average Bonchev–Trinajstić information content (AvgIpc) is 2.64. The molecule has 1 aliphatic heterocycles. The highest BCUT2D eigenvalue weighted by Gasteiger charge is 2.43. The van der Waals surface area contributed by atoms with Gasteiger partial charge < -0.3 is 9.47 Å². The van der Waals surface area contributed by atoms with Crippen molar-refractivity contribution in [2.45, 2.75) is 39.0 Å². The van der Waals surface area contributed by atoms with Crippen molar-refractivity contribution in [1.29, 1.82) is 0 Å². The van der Waals surface area contributed by atoms with Crippen LogP contribution in [0.1, 0.15) is 44.6 Å². The van der Waals surface area contributed by atoms with Crippen molar-refractivity contribution in [1.82, 2.24) is 0 Å². The molecular weight excluding hydrogens is 366 g/mol. The first-order valence-corrected chi connectivity index (χ1v) is 9.72. The van der Waals surface area contributed by atoms with Gasteiger partial charge in [0.2, 0.25) is 0 Å². The standard InChI is InChI=1S/C21H24ClNO4/c1-3-26-10-11-27-21(25)18-13(2)23-16-8-5-9-17(24)20(16)19(18)14-6-4-7-15(22)12-14/h4,6-7,12,19-20H,3,5,8-11H2,1-2H3/t19-,20-/m1/s1. The summed E-state index contributed by atoms with van der Waals surface area (Å²) in [5, 5.41) is 0.571. The highest BCUT2D eigenvalue weighted by Crippen LogP contribution is 2.43. The number of nitrogens with zero attached hydrogens (tertiary/aromatic N) is 1. The Morgan fingerprint density at radius 3 is 2.81 bits per heavy atom. The van der Waals surface area contributed by atoms with E-state index in [0.717, 1.165) is 24.1 Å². The minimum atomic E-state index is -0.446. The first-order valence-electron chi connectivity index (χ1n) is 9.34. The Hall–Kier alpha value is -1.98. The van der Waals surface area contributed by atoms with Gasteiger partial charge in [-0.15, -0.1) is 0 Å². The summed E-state index contributed by atoms with van der Waals surface area (Å²) in [6.07, 6.45) is 2.09. The number of benzene rings is 1. The van der Waals surface area contributed by atoms with Gasteiger partial charge in [-0.3, -0.25) is 9.79 Å². The zero-order chi connectivity index (χ0) is 19.4. The van der Waals surface area contributed by atoms with E-state index in [1.54, 1.807) is 13.0 Å². The first kappa shape index (κ1) is 19.8. The van der Waals surface area contributed by atoms with Gasteiger partial charge in [-0.05, 0) is 44.4 Å². The molecule has 0 spiro atoms. The molecule has 0 bridgehead atoms. The number of fused-ring (bicyclic) bond motifs is 1. The fourth-order valence-corrected chi connectivity index (χ4v) is 4.06. The molecule has 5 nitrogen and oxygen atoms in total. The quantitative estimate of drug-likeness (QED) is 0.542. The number of halogens is 1. The van der Waals surface area contributed by atoms with Crippen LogP contribution in [0.4, 0.5) is 0 Å². The van der Waals surface area contributed by atoms with Crippen molar-refractivity contribution < 1.29 is 19.1 Å². The smallest absolute Gasteiger partial charge is 0.336 e. The molecule has 0 amide bonds. The SMILES string of the molecule is CCOCCOC(=O)C1=C(C)N=C2CCCC(=O)[C@@H]2[C@@H]1c1cccc(Cl)c1. The van der Waals surface area contributed by atoms with Gasteiger partial charge >= 0.3 is 5.97 Å². The maximum atomic E-state index is 12.9. The van der Waals surface area contributed by atoms with Gasteiger partial charge in [-0.1, -0.05) is 23.7 Å². The number of carbonyl (C=O) groups excluding carboxylic acids is 2.